The zero-order chi connectivity index (χ0) is 19.9. The zero-order valence-electron chi connectivity index (χ0n) is 15.7. The number of carbonyl (C=O) groups excluding carboxylic acids is 2. The molecule has 2 heterocycles. The Morgan fingerprint density at radius 2 is 2.00 bits per heavy atom. The Bertz CT molecular complexity index is 838. The molecule has 1 fully saturated rings. The second-order valence-electron chi connectivity index (χ2n) is 6.50. The first-order valence-corrected chi connectivity index (χ1v) is 9.26. The average Bonchev–Trinajstić information content (AvgIpc) is 2.70. The summed E-state index contributed by atoms with van der Waals surface area (Å²) < 4.78 is 18.7. The Hall–Kier alpha value is -3.16. The van der Waals surface area contributed by atoms with Crippen molar-refractivity contribution in [3.63, 3.8) is 0 Å². The Morgan fingerprint density at radius 1 is 1.25 bits per heavy atom. The molecular formula is C20H23FN4O3. The summed E-state index contributed by atoms with van der Waals surface area (Å²) in [7, 11) is 0. The molecule has 148 valence electrons. The minimum atomic E-state index is -0.494. The van der Waals surface area contributed by atoms with Crippen LogP contribution in [-0.4, -0.2) is 47.6 Å². The van der Waals surface area contributed by atoms with Gasteiger partial charge in [0.15, 0.2) is 0 Å². The van der Waals surface area contributed by atoms with Gasteiger partial charge < -0.3 is 20.3 Å². The lowest BCUT2D eigenvalue weighted by atomic mass is 10.1. The number of benzene rings is 1. The summed E-state index contributed by atoms with van der Waals surface area (Å²) in [6.07, 6.45) is 4.33. The maximum atomic E-state index is 13.7. The second kappa shape index (κ2) is 9.16. The van der Waals surface area contributed by atoms with Crippen molar-refractivity contribution in [1.29, 1.82) is 0 Å². The van der Waals surface area contributed by atoms with Crippen LogP contribution in [0.3, 0.4) is 0 Å². The fourth-order valence-electron chi connectivity index (χ4n) is 3.06. The molecule has 2 N–H and O–H groups in total. The molecule has 0 unspecified atom stereocenters. The van der Waals surface area contributed by atoms with E-state index in [2.05, 4.69) is 15.6 Å². The molecule has 2 aromatic rings. The van der Waals surface area contributed by atoms with Crippen LogP contribution < -0.4 is 10.6 Å². The molecule has 1 aromatic carbocycles. The summed E-state index contributed by atoms with van der Waals surface area (Å²) >= 11 is 0. The molecule has 0 bridgehead atoms. The highest BCUT2D eigenvalue weighted by Gasteiger charge is 2.23. The van der Waals surface area contributed by atoms with Crippen LogP contribution in [-0.2, 0) is 4.74 Å². The van der Waals surface area contributed by atoms with Crippen molar-refractivity contribution in [2.45, 2.75) is 25.8 Å². The molecule has 1 saturated heterocycles. The van der Waals surface area contributed by atoms with Gasteiger partial charge >= 0.3 is 6.09 Å². The number of ether oxygens (including phenoxy) is 1. The quantitative estimate of drug-likeness (QED) is 0.822. The van der Waals surface area contributed by atoms with Gasteiger partial charge in [-0.25, -0.2) is 9.18 Å². The number of nitrogens with zero attached hydrogens (tertiary/aromatic N) is 2. The molecule has 1 aliphatic rings. The molecule has 28 heavy (non-hydrogen) atoms. The van der Waals surface area contributed by atoms with Crippen LogP contribution >= 0.6 is 0 Å². The van der Waals surface area contributed by atoms with Crippen molar-refractivity contribution in [3.05, 3.63) is 54.1 Å². The molecule has 0 atom stereocenters. The van der Waals surface area contributed by atoms with Crippen LogP contribution in [0.4, 0.5) is 20.6 Å². The molecular weight excluding hydrogens is 363 g/mol. The first kappa shape index (κ1) is 19.6. The highest BCUT2D eigenvalue weighted by atomic mass is 19.1. The van der Waals surface area contributed by atoms with E-state index in [0.717, 1.165) is 12.8 Å². The summed E-state index contributed by atoms with van der Waals surface area (Å²) in [5.41, 5.74) is 1.16. The third-order valence-electron chi connectivity index (χ3n) is 4.51. The third kappa shape index (κ3) is 4.97. The SMILES string of the molecule is CCOC(=O)N1CCC(Nc2cncc(C(=O)Nc3ccccc3F)c2)CC1. The first-order chi connectivity index (χ1) is 13.6. The standard InChI is InChI=1S/C20H23FN4O3/c1-2-28-20(27)25-9-7-15(8-10-25)23-16-11-14(12-22-13-16)19(26)24-18-6-4-3-5-17(18)21/h3-6,11-13,15,23H,2,7-10H2,1H3,(H,24,26). The van der Waals surface area contributed by atoms with Crippen LogP contribution in [0.5, 0.6) is 0 Å². The summed E-state index contributed by atoms with van der Waals surface area (Å²) in [4.78, 5) is 29.9. The van der Waals surface area contributed by atoms with Crippen LogP contribution in [0.2, 0.25) is 0 Å². The van der Waals surface area contributed by atoms with Gasteiger partial charge in [-0.3, -0.25) is 9.78 Å². The lowest BCUT2D eigenvalue weighted by Gasteiger charge is -2.32. The van der Waals surface area contributed by atoms with Crippen molar-refractivity contribution < 1.29 is 18.7 Å². The smallest absolute Gasteiger partial charge is 0.409 e. The highest BCUT2D eigenvalue weighted by molar-refractivity contribution is 6.04. The maximum absolute atomic E-state index is 13.7. The number of anilines is 2. The predicted octanol–water partition coefficient (Wildman–Crippen LogP) is 3.51. The lowest BCUT2D eigenvalue weighted by Crippen LogP contribution is -2.42. The van der Waals surface area contributed by atoms with E-state index >= 15 is 0 Å². The number of halogens is 1. The zero-order valence-corrected chi connectivity index (χ0v) is 15.7. The molecule has 0 saturated carbocycles. The molecule has 2 amide bonds. The van der Waals surface area contributed by atoms with Crippen molar-refractivity contribution in [3.8, 4) is 0 Å². The van der Waals surface area contributed by atoms with Gasteiger partial charge in [-0.15, -0.1) is 0 Å². The third-order valence-corrected chi connectivity index (χ3v) is 4.51. The van der Waals surface area contributed by atoms with Gasteiger partial charge in [-0.1, -0.05) is 12.1 Å². The topological polar surface area (TPSA) is 83.6 Å². The fourth-order valence-corrected chi connectivity index (χ4v) is 3.06. The molecule has 0 radical (unpaired) electrons. The number of hydrogen-bond donors (Lipinski definition) is 2. The van der Waals surface area contributed by atoms with E-state index in [1.54, 1.807) is 36.2 Å². The average molecular weight is 386 g/mol. The molecule has 1 aliphatic heterocycles. The number of para-hydroxylation sites is 1. The number of nitrogens with one attached hydrogen (secondary N) is 2. The van der Waals surface area contributed by atoms with Crippen LogP contribution in [0.25, 0.3) is 0 Å². The molecule has 7 nitrogen and oxygen atoms in total. The van der Waals surface area contributed by atoms with Gasteiger partial charge in [0, 0.05) is 31.5 Å². The molecule has 3 rings (SSSR count). The second-order valence-corrected chi connectivity index (χ2v) is 6.50. The van der Waals surface area contributed by atoms with Crippen LogP contribution in [0.1, 0.15) is 30.1 Å². The Morgan fingerprint density at radius 3 is 2.71 bits per heavy atom. The minimum absolute atomic E-state index is 0.122. The number of rotatable bonds is 5. The van der Waals surface area contributed by atoms with Gasteiger partial charge in [-0.2, -0.15) is 0 Å². The number of aromatic nitrogens is 1. The minimum Gasteiger partial charge on any atom is -0.450 e. The summed E-state index contributed by atoms with van der Waals surface area (Å²) in [5.74, 6) is -0.926. The van der Waals surface area contributed by atoms with E-state index in [0.29, 0.717) is 30.9 Å². The maximum Gasteiger partial charge on any atom is 0.409 e. The molecule has 0 aliphatic carbocycles. The van der Waals surface area contributed by atoms with Crippen molar-refractivity contribution in [2.75, 3.05) is 30.3 Å². The number of piperidine rings is 1. The van der Waals surface area contributed by atoms with Gasteiger partial charge in [0.25, 0.3) is 5.91 Å². The summed E-state index contributed by atoms with van der Waals surface area (Å²) in [6.45, 7) is 3.37. The van der Waals surface area contributed by atoms with E-state index in [4.69, 9.17) is 4.74 Å². The van der Waals surface area contributed by atoms with E-state index in [1.165, 1.54) is 18.3 Å². The van der Waals surface area contributed by atoms with Crippen LogP contribution in [0, 0.1) is 5.82 Å². The van der Waals surface area contributed by atoms with Gasteiger partial charge in [0.2, 0.25) is 0 Å². The van der Waals surface area contributed by atoms with E-state index in [9.17, 15) is 14.0 Å². The number of pyridine rings is 1. The monoisotopic (exact) mass is 386 g/mol. The molecule has 1 aromatic heterocycles. The molecule has 8 heteroatoms. The summed E-state index contributed by atoms with van der Waals surface area (Å²) in [6, 6.07) is 7.84. The van der Waals surface area contributed by atoms with E-state index in [-0.39, 0.29) is 17.8 Å². The van der Waals surface area contributed by atoms with Gasteiger partial charge in [0.05, 0.1) is 23.5 Å². The number of hydrogen-bond acceptors (Lipinski definition) is 5. The molecule has 0 spiro atoms. The lowest BCUT2D eigenvalue weighted by molar-refractivity contribution is 0.0981. The van der Waals surface area contributed by atoms with Crippen LogP contribution in [0.15, 0.2) is 42.7 Å². The largest absolute Gasteiger partial charge is 0.450 e. The number of likely N-dealkylation sites (tertiary alicyclic amines) is 1. The van der Waals surface area contributed by atoms with E-state index < -0.39 is 11.7 Å². The highest BCUT2D eigenvalue weighted by Crippen LogP contribution is 2.19. The number of amides is 2. The number of carbonyl (C=O) groups is 2. The Kier molecular flexibility index (Phi) is 6.41. The predicted molar refractivity (Wildman–Crippen MR) is 104 cm³/mol. The van der Waals surface area contributed by atoms with Crippen molar-refractivity contribution in [2.24, 2.45) is 0 Å². The van der Waals surface area contributed by atoms with Crippen molar-refractivity contribution in [1.82, 2.24) is 9.88 Å². The fraction of sp³-hybridized carbons (Fsp3) is 0.350. The summed E-state index contributed by atoms with van der Waals surface area (Å²) in [5, 5.41) is 5.90. The first-order valence-electron chi connectivity index (χ1n) is 9.26. The van der Waals surface area contributed by atoms with E-state index in [1.807, 2.05) is 0 Å². The van der Waals surface area contributed by atoms with Gasteiger partial charge in [-0.05, 0) is 38.0 Å². The Labute approximate surface area is 162 Å². The van der Waals surface area contributed by atoms with Gasteiger partial charge in [0.1, 0.15) is 5.82 Å². The normalized spacial score (nSPS) is 14.4. The Balaban J connectivity index is 1.57. The van der Waals surface area contributed by atoms with Crippen molar-refractivity contribution >= 4 is 23.4 Å².